The van der Waals surface area contributed by atoms with Crippen LogP contribution in [-0.4, -0.2) is 32.6 Å². The highest BCUT2D eigenvalue weighted by atomic mass is 35.5. The number of rotatable bonds is 7. The number of aromatic nitrogens is 3. The van der Waals surface area contributed by atoms with Gasteiger partial charge in [-0.25, -0.2) is 5.43 Å². The fourth-order valence-corrected chi connectivity index (χ4v) is 4.55. The Hall–Kier alpha value is -2.94. The van der Waals surface area contributed by atoms with Crippen molar-refractivity contribution >= 4 is 46.8 Å². The van der Waals surface area contributed by atoms with Gasteiger partial charge in [0.05, 0.1) is 12.0 Å². The number of halogens is 1. The van der Waals surface area contributed by atoms with E-state index in [9.17, 15) is 4.79 Å². The van der Waals surface area contributed by atoms with E-state index in [0.29, 0.717) is 16.0 Å². The highest BCUT2D eigenvalue weighted by molar-refractivity contribution is 7.99. The third-order valence-electron chi connectivity index (χ3n) is 4.50. The smallest absolute Gasteiger partial charge is 0.250 e. The number of benzene rings is 2. The van der Waals surface area contributed by atoms with Gasteiger partial charge in [0.15, 0.2) is 11.0 Å². The Labute approximate surface area is 199 Å². The lowest BCUT2D eigenvalue weighted by Gasteiger charge is -2.10. The number of hydrazone groups is 1. The number of thiophene rings is 1. The second-order valence-electron chi connectivity index (χ2n) is 7.01. The maximum Gasteiger partial charge on any atom is 0.250 e. The number of nitrogens with one attached hydrogen (secondary N) is 1. The molecule has 9 heteroatoms. The molecule has 4 aromatic rings. The Balaban J connectivity index is 1.52. The number of carbonyl (C=O) groups excluding carboxylic acids is 1. The van der Waals surface area contributed by atoms with Crippen LogP contribution in [0.2, 0.25) is 5.02 Å². The lowest BCUT2D eigenvalue weighted by molar-refractivity contribution is -0.118. The molecule has 0 radical (unpaired) electrons. The normalized spacial score (nSPS) is 11.2. The Morgan fingerprint density at radius 1 is 1.09 bits per heavy atom. The van der Waals surface area contributed by atoms with Crippen LogP contribution in [0.5, 0.6) is 0 Å². The summed E-state index contributed by atoms with van der Waals surface area (Å²) in [5.74, 6) is 0.629. The molecule has 0 aliphatic heterocycles. The van der Waals surface area contributed by atoms with Gasteiger partial charge in [0.2, 0.25) is 0 Å². The molecule has 0 aliphatic carbocycles. The SMILES string of the molecule is Cc1ccc(-c2nnc(SCC(=O)NN=Cc3ccc(C)s3)n2-c2ccc(Cl)cc2)cc1. The van der Waals surface area contributed by atoms with Crippen LogP contribution in [0.15, 0.2) is 70.9 Å². The Bertz CT molecular complexity index is 1250. The minimum atomic E-state index is -0.220. The molecule has 32 heavy (non-hydrogen) atoms. The van der Waals surface area contributed by atoms with Crippen molar-refractivity contribution in [2.45, 2.75) is 19.0 Å². The molecule has 1 amide bonds. The van der Waals surface area contributed by atoms with Crippen molar-refractivity contribution in [1.82, 2.24) is 20.2 Å². The summed E-state index contributed by atoms with van der Waals surface area (Å²) in [6.45, 7) is 4.06. The topological polar surface area (TPSA) is 72.2 Å². The van der Waals surface area contributed by atoms with Gasteiger partial charge in [0.25, 0.3) is 5.91 Å². The predicted molar refractivity (Wildman–Crippen MR) is 132 cm³/mol. The second kappa shape index (κ2) is 10.1. The monoisotopic (exact) mass is 481 g/mol. The van der Waals surface area contributed by atoms with Crippen molar-refractivity contribution < 1.29 is 4.79 Å². The predicted octanol–water partition coefficient (Wildman–Crippen LogP) is 5.51. The molecule has 2 aromatic carbocycles. The van der Waals surface area contributed by atoms with Crippen LogP contribution in [0.1, 0.15) is 15.3 Å². The van der Waals surface area contributed by atoms with Crippen LogP contribution >= 0.6 is 34.7 Å². The standard InChI is InChI=1S/C23H20ClN5OS2/c1-15-3-6-17(7-4-15)22-27-28-23(29(22)19-10-8-18(24)9-11-19)31-14-21(30)26-25-13-20-12-5-16(2)32-20/h3-13H,14H2,1-2H3,(H,26,30). The van der Waals surface area contributed by atoms with E-state index in [1.807, 2.05) is 79.1 Å². The van der Waals surface area contributed by atoms with E-state index in [4.69, 9.17) is 11.6 Å². The highest BCUT2D eigenvalue weighted by Crippen LogP contribution is 2.28. The van der Waals surface area contributed by atoms with Crippen molar-refractivity contribution in [3.63, 3.8) is 0 Å². The van der Waals surface area contributed by atoms with Gasteiger partial charge in [0.1, 0.15) is 0 Å². The zero-order valence-electron chi connectivity index (χ0n) is 17.4. The van der Waals surface area contributed by atoms with E-state index >= 15 is 0 Å². The molecule has 0 saturated heterocycles. The first-order valence-corrected chi connectivity index (χ1v) is 12.0. The van der Waals surface area contributed by atoms with Crippen LogP contribution in [0, 0.1) is 13.8 Å². The van der Waals surface area contributed by atoms with Gasteiger partial charge in [0, 0.05) is 26.0 Å². The molecule has 4 rings (SSSR count). The molecule has 0 saturated carbocycles. The van der Waals surface area contributed by atoms with Gasteiger partial charge in [-0.15, -0.1) is 21.5 Å². The molecule has 2 aromatic heterocycles. The van der Waals surface area contributed by atoms with Crippen molar-refractivity contribution in [2.24, 2.45) is 5.10 Å². The molecule has 0 unspecified atom stereocenters. The van der Waals surface area contributed by atoms with Gasteiger partial charge in [-0.2, -0.15) is 5.10 Å². The van der Waals surface area contributed by atoms with E-state index in [1.165, 1.54) is 16.6 Å². The summed E-state index contributed by atoms with van der Waals surface area (Å²) in [6.07, 6.45) is 1.64. The van der Waals surface area contributed by atoms with Crippen molar-refractivity contribution in [2.75, 3.05) is 5.75 Å². The average Bonchev–Trinajstić information content (AvgIpc) is 3.39. The lowest BCUT2D eigenvalue weighted by atomic mass is 10.1. The van der Waals surface area contributed by atoms with E-state index in [-0.39, 0.29) is 11.7 Å². The molecule has 6 nitrogen and oxygen atoms in total. The number of thioether (sulfide) groups is 1. The van der Waals surface area contributed by atoms with Crippen molar-refractivity contribution in [3.8, 4) is 17.1 Å². The molecule has 162 valence electrons. The first kappa shape index (κ1) is 22.3. The fraction of sp³-hybridized carbons (Fsp3) is 0.130. The largest absolute Gasteiger partial charge is 0.272 e. The minimum absolute atomic E-state index is 0.153. The fourth-order valence-electron chi connectivity index (χ4n) is 2.93. The summed E-state index contributed by atoms with van der Waals surface area (Å²) < 4.78 is 1.93. The third kappa shape index (κ3) is 5.45. The van der Waals surface area contributed by atoms with Crippen LogP contribution in [0.4, 0.5) is 0 Å². The number of hydrogen-bond acceptors (Lipinski definition) is 6. The minimum Gasteiger partial charge on any atom is -0.272 e. The van der Waals surface area contributed by atoms with Crippen LogP contribution in [-0.2, 0) is 4.79 Å². The lowest BCUT2D eigenvalue weighted by Crippen LogP contribution is -2.19. The Morgan fingerprint density at radius 3 is 2.53 bits per heavy atom. The van der Waals surface area contributed by atoms with E-state index in [2.05, 4.69) is 20.7 Å². The highest BCUT2D eigenvalue weighted by Gasteiger charge is 2.17. The van der Waals surface area contributed by atoms with Crippen LogP contribution < -0.4 is 5.43 Å². The number of carbonyl (C=O) groups is 1. The molecule has 1 N–H and O–H groups in total. The zero-order valence-corrected chi connectivity index (χ0v) is 19.8. The van der Waals surface area contributed by atoms with Gasteiger partial charge in [-0.05, 0) is 50.2 Å². The number of aryl methyl sites for hydroxylation is 2. The second-order valence-corrected chi connectivity index (χ2v) is 9.71. The van der Waals surface area contributed by atoms with Crippen LogP contribution in [0.3, 0.4) is 0 Å². The summed E-state index contributed by atoms with van der Waals surface area (Å²) in [5, 5.41) is 14.0. The first-order chi connectivity index (χ1) is 15.5. The summed E-state index contributed by atoms with van der Waals surface area (Å²) >= 11 is 8.98. The van der Waals surface area contributed by atoms with Gasteiger partial charge < -0.3 is 0 Å². The molecule has 0 atom stereocenters. The molecule has 0 aliphatic rings. The molecule has 0 spiro atoms. The van der Waals surface area contributed by atoms with Crippen LogP contribution in [0.25, 0.3) is 17.1 Å². The maximum absolute atomic E-state index is 12.3. The first-order valence-electron chi connectivity index (χ1n) is 9.79. The van der Waals surface area contributed by atoms with Gasteiger partial charge >= 0.3 is 0 Å². The summed E-state index contributed by atoms with van der Waals surface area (Å²) in [7, 11) is 0. The van der Waals surface area contributed by atoms with E-state index in [1.54, 1.807) is 17.6 Å². The quantitative estimate of drug-likeness (QED) is 0.214. The molecule has 0 fully saturated rings. The van der Waals surface area contributed by atoms with E-state index < -0.39 is 0 Å². The summed E-state index contributed by atoms with van der Waals surface area (Å²) in [5.41, 5.74) is 5.53. The van der Waals surface area contributed by atoms with Crippen molar-refractivity contribution in [1.29, 1.82) is 0 Å². The number of hydrogen-bond donors (Lipinski definition) is 1. The van der Waals surface area contributed by atoms with E-state index in [0.717, 1.165) is 21.7 Å². The summed E-state index contributed by atoms with van der Waals surface area (Å²) in [4.78, 5) is 14.5. The summed E-state index contributed by atoms with van der Waals surface area (Å²) in [6, 6.07) is 19.5. The molecular weight excluding hydrogens is 462 g/mol. The molecule has 0 bridgehead atoms. The van der Waals surface area contributed by atoms with Gasteiger partial charge in [-0.3, -0.25) is 9.36 Å². The van der Waals surface area contributed by atoms with Gasteiger partial charge in [-0.1, -0.05) is 53.2 Å². The zero-order chi connectivity index (χ0) is 22.5. The average molecular weight is 482 g/mol. The number of nitrogens with zero attached hydrogens (tertiary/aromatic N) is 4. The molecule has 2 heterocycles. The van der Waals surface area contributed by atoms with Crippen molar-refractivity contribution in [3.05, 3.63) is 81.0 Å². The Kier molecular flexibility index (Phi) is 7.04. The third-order valence-corrected chi connectivity index (χ3v) is 6.62. The maximum atomic E-state index is 12.3. The molecular formula is C23H20ClN5OS2. The number of amides is 1. The Morgan fingerprint density at radius 2 is 1.84 bits per heavy atom.